The lowest BCUT2D eigenvalue weighted by Crippen LogP contribution is -2.54. The molecule has 2 heterocycles. The molecular weight excluding hydrogens is 520 g/mol. The number of H-pyrrole nitrogens is 1. The van der Waals surface area contributed by atoms with Gasteiger partial charge in [-0.15, -0.1) is 10.2 Å². The summed E-state index contributed by atoms with van der Waals surface area (Å²) < 4.78 is 0. The van der Waals surface area contributed by atoms with Crippen molar-refractivity contribution in [2.45, 2.75) is 72.0 Å². The number of nitrogens with one attached hydrogen (secondary N) is 4. The average molecular weight is 557 g/mol. The van der Waals surface area contributed by atoms with Crippen LogP contribution in [0.4, 0.5) is 5.69 Å². The Morgan fingerprint density at radius 3 is 2.52 bits per heavy atom. The zero-order chi connectivity index (χ0) is 29.4. The van der Waals surface area contributed by atoms with Crippen LogP contribution in [-0.4, -0.2) is 74.0 Å². The van der Waals surface area contributed by atoms with Crippen molar-refractivity contribution in [1.29, 1.82) is 0 Å². The highest BCUT2D eigenvalue weighted by Gasteiger charge is 2.38. The van der Waals surface area contributed by atoms with Gasteiger partial charge in [-0.25, -0.2) is 0 Å². The number of para-hydroxylation sites is 1. The predicted octanol–water partition coefficient (Wildman–Crippen LogP) is 0.312. The molecular formula is C26H36N8O6. The molecule has 1 aromatic heterocycles. The lowest BCUT2D eigenvalue weighted by atomic mass is 9.85. The Hall–Kier alpha value is -4.36. The molecule has 2 aromatic rings. The van der Waals surface area contributed by atoms with Crippen molar-refractivity contribution < 1.29 is 29.1 Å². The van der Waals surface area contributed by atoms with E-state index in [1.54, 1.807) is 32.9 Å². The van der Waals surface area contributed by atoms with Gasteiger partial charge >= 0.3 is 5.97 Å². The van der Waals surface area contributed by atoms with E-state index in [0.717, 1.165) is 5.56 Å². The van der Waals surface area contributed by atoms with Crippen molar-refractivity contribution in [3.8, 4) is 0 Å². The van der Waals surface area contributed by atoms with E-state index in [0.29, 0.717) is 24.4 Å². The topological polar surface area (TPSA) is 199 Å². The minimum absolute atomic E-state index is 0.0283. The number of benzene rings is 1. The minimum Gasteiger partial charge on any atom is -0.481 e. The number of hydrogen-bond acceptors (Lipinski definition) is 8. The number of fused-ring (bicyclic) bond motifs is 1. The number of carboxylic acid groups (broad SMARTS) is 1. The number of carbonyl (C=O) groups excluding carboxylic acids is 4. The number of hydrogen-bond donors (Lipinski definition) is 5. The molecule has 4 amide bonds. The van der Waals surface area contributed by atoms with E-state index < -0.39 is 53.6 Å². The number of amides is 4. The molecule has 1 aliphatic rings. The Morgan fingerprint density at radius 2 is 1.88 bits per heavy atom. The van der Waals surface area contributed by atoms with Gasteiger partial charge < -0.3 is 21.1 Å². The van der Waals surface area contributed by atoms with Gasteiger partial charge in [-0.1, -0.05) is 57.5 Å². The van der Waals surface area contributed by atoms with Crippen molar-refractivity contribution in [2.75, 3.05) is 11.4 Å². The van der Waals surface area contributed by atoms with E-state index >= 15 is 0 Å². The lowest BCUT2D eigenvalue weighted by Gasteiger charge is -2.28. The molecule has 0 radical (unpaired) electrons. The van der Waals surface area contributed by atoms with Crippen molar-refractivity contribution in [2.24, 2.45) is 11.3 Å². The molecule has 0 bridgehead atoms. The maximum Gasteiger partial charge on any atom is 0.303 e. The average Bonchev–Trinajstić information content (AvgIpc) is 3.55. The second-order valence-electron chi connectivity index (χ2n) is 10.7. The Labute approximate surface area is 231 Å². The molecule has 0 saturated heterocycles. The maximum atomic E-state index is 13.4. The summed E-state index contributed by atoms with van der Waals surface area (Å²) in [6.45, 7) is 6.64. The number of aromatic amines is 1. The zero-order valence-corrected chi connectivity index (χ0v) is 23.1. The Kier molecular flexibility index (Phi) is 9.91. The molecule has 1 aliphatic heterocycles. The largest absolute Gasteiger partial charge is 0.481 e. The van der Waals surface area contributed by atoms with Gasteiger partial charge in [-0.3, -0.25) is 28.9 Å². The van der Waals surface area contributed by atoms with Crippen molar-refractivity contribution in [3.05, 3.63) is 35.7 Å². The molecule has 216 valence electrons. The number of tetrazole rings is 1. The molecule has 0 fully saturated rings. The van der Waals surface area contributed by atoms with Gasteiger partial charge in [0, 0.05) is 18.5 Å². The Balaban J connectivity index is 1.67. The Bertz CT molecular complexity index is 1230. The van der Waals surface area contributed by atoms with Crippen LogP contribution in [0, 0.1) is 11.3 Å². The second-order valence-corrected chi connectivity index (χ2v) is 10.7. The smallest absolute Gasteiger partial charge is 0.303 e. The van der Waals surface area contributed by atoms with Gasteiger partial charge in [0.25, 0.3) is 0 Å². The first kappa shape index (κ1) is 30.2. The minimum atomic E-state index is -1.02. The van der Waals surface area contributed by atoms with E-state index in [2.05, 4.69) is 36.6 Å². The molecule has 0 spiro atoms. The van der Waals surface area contributed by atoms with Gasteiger partial charge in [-0.05, 0) is 23.0 Å². The van der Waals surface area contributed by atoms with Crippen LogP contribution in [0.2, 0.25) is 0 Å². The van der Waals surface area contributed by atoms with Crippen LogP contribution in [0.15, 0.2) is 24.3 Å². The fourth-order valence-electron chi connectivity index (χ4n) is 4.64. The van der Waals surface area contributed by atoms with Crippen molar-refractivity contribution >= 4 is 35.3 Å². The maximum absolute atomic E-state index is 13.4. The van der Waals surface area contributed by atoms with E-state index in [1.807, 2.05) is 19.1 Å². The highest BCUT2D eigenvalue weighted by molar-refractivity contribution is 6.05. The summed E-state index contributed by atoms with van der Waals surface area (Å²) in [7, 11) is 0. The summed E-state index contributed by atoms with van der Waals surface area (Å²) in [4.78, 5) is 64.7. The van der Waals surface area contributed by atoms with E-state index in [4.69, 9.17) is 5.11 Å². The van der Waals surface area contributed by atoms with Crippen LogP contribution in [-0.2, 0) is 36.9 Å². The third-order valence-corrected chi connectivity index (χ3v) is 6.85. The van der Waals surface area contributed by atoms with Crippen molar-refractivity contribution in [3.63, 3.8) is 0 Å². The highest BCUT2D eigenvalue weighted by Crippen LogP contribution is 2.32. The van der Waals surface area contributed by atoms with Gasteiger partial charge in [-0.2, -0.15) is 5.21 Å². The fraction of sp³-hybridized carbons (Fsp3) is 0.538. The third kappa shape index (κ3) is 7.83. The fourth-order valence-corrected chi connectivity index (χ4v) is 4.64. The van der Waals surface area contributed by atoms with E-state index in [-0.39, 0.29) is 25.3 Å². The molecule has 3 atom stereocenters. The zero-order valence-electron chi connectivity index (χ0n) is 23.1. The number of anilines is 1. The summed E-state index contributed by atoms with van der Waals surface area (Å²) in [6.07, 6.45) is 0.596. The Morgan fingerprint density at radius 1 is 1.15 bits per heavy atom. The standard InChI is InChI=1S/C26H36N8O6/c1-5-15(2)23(29-20(35)11-26(3,4)12-22(37)38)25(40)28-14-21(36)34-17-9-7-6-8-16(17)10-18(34)24(39)27-13-19-30-32-33-31-19/h6-9,15,18,23H,5,10-14H2,1-4H3,(H,27,39)(H,28,40)(H,29,35)(H,37,38)(H,30,31,32,33)/t15-,18-,23?/m0/s1. The van der Waals surface area contributed by atoms with Gasteiger partial charge in [0.1, 0.15) is 12.1 Å². The molecule has 3 rings (SSSR count). The number of carbonyl (C=O) groups is 5. The first-order chi connectivity index (χ1) is 18.9. The van der Waals surface area contributed by atoms with Crippen LogP contribution >= 0.6 is 0 Å². The highest BCUT2D eigenvalue weighted by atomic mass is 16.4. The second kappa shape index (κ2) is 13.1. The van der Waals surface area contributed by atoms with Gasteiger partial charge in [0.2, 0.25) is 23.6 Å². The van der Waals surface area contributed by atoms with E-state index in [9.17, 15) is 24.0 Å². The summed E-state index contributed by atoms with van der Waals surface area (Å²) in [6, 6.07) is 5.39. The summed E-state index contributed by atoms with van der Waals surface area (Å²) in [5.74, 6) is -2.87. The van der Waals surface area contributed by atoms with Crippen LogP contribution in [0.3, 0.4) is 0 Å². The molecule has 1 aromatic carbocycles. The first-order valence-electron chi connectivity index (χ1n) is 13.1. The van der Waals surface area contributed by atoms with Crippen LogP contribution < -0.4 is 20.9 Å². The lowest BCUT2D eigenvalue weighted by molar-refractivity contribution is -0.140. The molecule has 0 saturated carbocycles. The van der Waals surface area contributed by atoms with E-state index in [1.165, 1.54) is 4.90 Å². The molecule has 5 N–H and O–H groups in total. The molecule has 14 heteroatoms. The number of aromatic nitrogens is 4. The van der Waals surface area contributed by atoms with Crippen LogP contribution in [0.1, 0.15) is 58.3 Å². The summed E-state index contributed by atoms with van der Waals surface area (Å²) in [5, 5.41) is 30.5. The first-order valence-corrected chi connectivity index (χ1v) is 13.1. The SMILES string of the molecule is CC[C@H](C)C(NC(=O)CC(C)(C)CC(=O)O)C(=O)NCC(=O)N1c2ccccc2C[C@H]1C(=O)NCc1nn[nH]n1. The number of carboxylic acids is 1. The quantitative estimate of drug-likeness (QED) is 0.230. The normalized spacial score (nSPS) is 16.0. The molecule has 1 unspecified atom stereocenters. The number of rotatable bonds is 13. The summed E-state index contributed by atoms with van der Waals surface area (Å²) >= 11 is 0. The van der Waals surface area contributed by atoms with Gasteiger partial charge in [0.15, 0.2) is 5.82 Å². The number of aliphatic carboxylic acids is 1. The van der Waals surface area contributed by atoms with Crippen LogP contribution in [0.5, 0.6) is 0 Å². The third-order valence-electron chi connectivity index (χ3n) is 6.85. The summed E-state index contributed by atoms with van der Waals surface area (Å²) in [5.41, 5.74) is 0.592. The molecule has 0 aliphatic carbocycles. The van der Waals surface area contributed by atoms with Crippen LogP contribution in [0.25, 0.3) is 0 Å². The monoisotopic (exact) mass is 556 g/mol. The molecule has 14 nitrogen and oxygen atoms in total. The number of nitrogens with zero attached hydrogens (tertiary/aromatic N) is 4. The van der Waals surface area contributed by atoms with Gasteiger partial charge in [0.05, 0.1) is 19.5 Å². The van der Waals surface area contributed by atoms with Crippen molar-refractivity contribution in [1.82, 2.24) is 36.6 Å². The molecule has 40 heavy (non-hydrogen) atoms. The predicted molar refractivity (Wildman–Crippen MR) is 142 cm³/mol.